The number of ether oxygens (including phenoxy) is 2. The van der Waals surface area contributed by atoms with E-state index in [0.717, 1.165) is 35.3 Å². The van der Waals surface area contributed by atoms with Gasteiger partial charge in [0.25, 0.3) is 0 Å². The van der Waals surface area contributed by atoms with Crippen molar-refractivity contribution in [3.05, 3.63) is 65.2 Å². The summed E-state index contributed by atoms with van der Waals surface area (Å²) in [5.41, 5.74) is 1.97. The van der Waals surface area contributed by atoms with Gasteiger partial charge >= 0.3 is 6.09 Å². The predicted octanol–water partition coefficient (Wildman–Crippen LogP) is 4.15. The molecule has 2 unspecified atom stereocenters. The van der Waals surface area contributed by atoms with E-state index in [1.54, 1.807) is 7.11 Å². The summed E-state index contributed by atoms with van der Waals surface area (Å²) in [5, 5.41) is 11.4. The molecule has 0 radical (unpaired) electrons. The van der Waals surface area contributed by atoms with Crippen LogP contribution < -0.4 is 4.74 Å². The fourth-order valence-corrected chi connectivity index (χ4v) is 4.72. The molecule has 148 valence electrons. The highest BCUT2D eigenvalue weighted by Crippen LogP contribution is 2.46. The number of hydrogen-bond acceptors (Lipinski definition) is 4. The quantitative estimate of drug-likeness (QED) is 0.864. The Hall–Kier alpha value is -2.53. The van der Waals surface area contributed by atoms with Gasteiger partial charge in [0.15, 0.2) is 0 Å². The van der Waals surface area contributed by atoms with Crippen molar-refractivity contribution >= 4 is 6.09 Å². The van der Waals surface area contributed by atoms with Gasteiger partial charge in [0, 0.05) is 24.9 Å². The topological polar surface area (TPSA) is 59.0 Å². The minimum absolute atomic E-state index is 0.00873. The van der Waals surface area contributed by atoms with Crippen molar-refractivity contribution < 1.29 is 19.4 Å². The van der Waals surface area contributed by atoms with Gasteiger partial charge in [0.05, 0.1) is 12.7 Å². The summed E-state index contributed by atoms with van der Waals surface area (Å²) in [6.45, 7) is 2.26. The molecule has 2 bridgehead atoms. The lowest BCUT2D eigenvalue weighted by Crippen LogP contribution is -2.52. The van der Waals surface area contributed by atoms with Gasteiger partial charge in [-0.05, 0) is 48.6 Å². The molecule has 1 N–H and O–H groups in total. The summed E-state index contributed by atoms with van der Waals surface area (Å²) in [7, 11) is 1.65. The number of piperidine rings is 1. The summed E-state index contributed by atoms with van der Waals surface area (Å²) in [6, 6.07) is 15.6. The van der Waals surface area contributed by atoms with E-state index >= 15 is 0 Å². The number of hydrogen-bond donors (Lipinski definition) is 1. The third-order valence-electron chi connectivity index (χ3n) is 6.11. The van der Waals surface area contributed by atoms with Crippen LogP contribution in [0.5, 0.6) is 5.75 Å². The van der Waals surface area contributed by atoms with Crippen LogP contribution in [0.15, 0.2) is 48.5 Å². The summed E-state index contributed by atoms with van der Waals surface area (Å²) >= 11 is 0. The molecule has 2 aromatic carbocycles. The van der Waals surface area contributed by atoms with Crippen LogP contribution in [-0.4, -0.2) is 35.3 Å². The molecule has 2 saturated heterocycles. The molecule has 0 aromatic heterocycles. The minimum Gasteiger partial charge on any atom is -0.496 e. The van der Waals surface area contributed by atoms with Gasteiger partial charge in [-0.1, -0.05) is 36.4 Å². The van der Waals surface area contributed by atoms with Crippen molar-refractivity contribution in [3.8, 4) is 5.75 Å². The fraction of sp³-hybridized carbons (Fsp3) is 0.435. The average molecular weight is 381 g/mol. The van der Waals surface area contributed by atoms with Crippen LogP contribution in [0.1, 0.15) is 42.4 Å². The molecule has 2 heterocycles. The Balaban J connectivity index is 1.46. The number of nitrogens with zero attached hydrogens (tertiary/aromatic N) is 1. The highest BCUT2D eigenvalue weighted by atomic mass is 16.6. The lowest BCUT2D eigenvalue weighted by molar-refractivity contribution is -0.0537. The zero-order chi connectivity index (χ0) is 19.7. The zero-order valence-corrected chi connectivity index (χ0v) is 16.4. The Bertz CT molecular complexity index is 837. The molecule has 5 heteroatoms. The van der Waals surface area contributed by atoms with Crippen molar-refractivity contribution in [1.29, 1.82) is 0 Å². The Morgan fingerprint density at radius 3 is 2.43 bits per heavy atom. The highest BCUT2D eigenvalue weighted by molar-refractivity contribution is 5.69. The van der Waals surface area contributed by atoms with E-state index in [2.05, 4.69) is 0 Å². The Labute approximate surface area is 165 Å². The third-order valence-corrected chi connectivity index (χ3v) is 6.11. The summed E-state index contributed by atoms with van der Waals surface area (Å²) in [4.78, 5) is 14.6. The zero-order valence-electron chi connectivity index (χ0n) is 16.4. The van der Waals surface area contributed by atoms with E-state index in [4.69, 9.17) is 9.47 Å². The number of aliphatic hydroxyl groups is 1. The molecule has 1 amide bonds. The van der Waals surface area contributed by atoms with Gasteiger partial charge in [-0.3, -0.25) is 0 Å². The molecule has 0 saturated carbocycles. The minimum atomic E-state index is -0.918. The third kappa shape index (κ3) is 3.47. The second-order valence-corrected chi connectivity index (χ2v) is 7.96. The smallest absolute Gasteiger partial charge is 0.410 e. The van der Waals surface area contributed by atoms with E-state index in [0.29, 0.717) is 12.8 Å². The fourth-order valence-electron chi connectivity index (χ4n) is 4.72. The van der Waals surface area contributed by atoms with Crippen molar-refractivity contribution in [2.45, 2.75) is 56.9 Å². The van der Waals surface area contributed by atoms with Crippen LogP contribution >= 0.6 is 0 Å². The molecule has 28 heavy (non-hydrogen) atoms. The molecule has 5 nitrogen and oxygen atoms in total. The van der Waals surface area contributed by atoms with Crippen LogP contribution in [0.25, 0.3) is 0 Å². The van der Waals surface area contributed by atoms with E-state index in [-0.39, 0.29) is 24.8 Å². The molecule has 4 rings (SSSR count). The first-order valence-electron chi connectivity index (χ1n) is 9.87. The molecule has 0 spiro atoms. The number of fused-ring (bicyclic) bond motifs is 2. The number of carbonyl (C=O) groups excluding carboxylic acids is 1. The first-order chi connectivity index (χ1) is 13.5. The lowest BCUT2D eigenvalue weighted by atomic mass is 9.80. The molecule has 0 aliphatic carbocycles. The van der Waals surface area contributed by atoms with Crippen LogP contribution in [0.2, 0.25) is 0 Å². The standard InChI is InChI=1S/C23H27NO4/c1-16-12-18(8-11-21(16)27-2)23(26)13-19-9-10-20(14-23)24(19)22(25)28-15-17-6-4-3-5-7-17/h3-8,11-12,19-20,26H,9-10,13-15H2,1-2H3. The van der Waals surface area contributed by atoms with Crippen LogP contribution in [0.3, 0.4) is 0 Å². The average Bonchev–Trinajstić information content (AvgIpc) is 2.99. The maximum atomic E-state index is 12.7. The van der Waals surface area contributed by atoms with Crippen molar-refractivity contribution in [3.63, 3.8) is 0 Å². The summed E-state index contributed by atoms with van der Waals surface area (Å²) in [6.07, 6.45) is 2.61. The number of methoxy groups -OCH3 is 1. The van der Waals surface area contributed by atoms with Gasteiger partial charge in [0.2, 0.25) is 0 Å². The number of benzene rings is 2. The van der Waals surface area contributed by atoms with Crippen LogP contribution in [0.4, 0.5) is 4.79 Å². The van der Waals surface area contributed by atoms with E-state index < -0.39 is 5.60 Å². The van der Waals surface area contributed by atoms with Gasteiger partial charge in [-0.15, -0.1) is 0 Å². The van der Waals surface area contributed by atoms with Crippen molar-refractivity contribution in [1.82, 2.24) is 4.90 Å². The first kappa shape index (κ1) is 18.8. The lowest BCUT2D eigenvalue weighted by Gasteiger charge is -2.43. The van der Waals surface area contributed by atoms with Crippen molar-refractivity contribution in [2.24, 2.45) is 0 Å². The number of carbonyl (C=O) groups is 1. The van der Waals surface area contributed by atoms with Gasteiger partial charge in [0.1, 0.15) is 12.4 Å². The number of aryl methyl sites for hydroxylation is 1. The first-order valence-corrected chi connectivity index (χ1v) is 9.87. The van der Waals surface area contributed by atoms with E-state index in [9.17, 15) is 9.90 Å². The Morgan fingerprint density at radius 2 is 1.82 bits per heavy atom. The van der Waals surface area contributed by atoms with Gasteiger partial charge in [-0.2, -0.15) is 0 Å². The summed E-state index contributed by atoms with van der Waals surface area (Å²) < 4.78 is 10.9. The SMILES string of the molecule is COc1ccc(C2(O)CC3CCC(C2)N3C(=O)OCc2ccccc2)cc1C. The molecule has 2 atom stereocenters. The van der Waals surface area contributed by atoms with Crippen molar-refractivity contribution in [2.75, 3.05) is 7.11 Å². The normalized spacial score (nSPS) is 26.2. The van der Waals surface area contributed by atoms with E-state index in [1.807, 2.05) is 60.4 Å². The van der Waals surface area contributed by atoms with Crippen LogP contribution in [0, 0.1) is 6.92 Å². The highest BCUT2D eigenvalue weighted by Gasteiger charge is 2.50. The van der Waals surface area contributed by atoms with Gasteiger partial charge in [-0.25, -0.2) is 4.79 Å². The second kappa shape index (κ2) is 7.47. The monoisotopic (exact) mass is 381 g/mol. The number of rotatable bonds is 4. The molecular formula is C23H27NO4. The number of amides is 1. The molecule has 2 aliphatic heterocycles. The van der Waals surface area contributed by atoms with Crippen LogP contribution in [-0.2, 0) is 16.9 Å². The molecule has 2 aliphatic rings. The maximum absolute atomic E-state index is 12.7. The van der Waals surface area contributed by atoms with E-state index in [1.165, 1.54) is 0 Å². The summed E-state index contributed by atoms with van der Waals surface area (Å²) in [5.74, 6) is 0.817. The maximum Gasteiger partial charge on any atom is 0.410 e. The molecule has 2 fully saturated rings. The second-order valence-electron chi connectivity index (χ2n) is 7.96. The van der Waals surface area contributed by atoms with Gasteiger partial charge < -0.3 is 19.5 Å². The molecule has 2 aromatic rings. The molecular weight excluding hydrogens is 354 g/mol. The Morgan fingerprint density at radius 1 is 1.14 bits per heavy atom. The predicted molar refractivity (Wildman–Crippen MR) is 106 cm³/mol. The Kier molecular flexibility index (Phi) is 5.02. The largest absolute Gasteiger partial charge is 0.496 e.